The van der Waals surface area contributed by atoms with Crippen molar-refractivity contribution in [2.75, 3.05) is 6.26 Å². The highest BCUT2D eigenvalue weighted by molar-refractivity contribution is 7.98. The lowest BCUT2D eigenvalue weighted by Crippen LogP contribution is -2.10. The van der Waals surface area contributed by atoms with Gasteiger partial charge in [0.05, 0.1) is 5.69 Å². The summed E-state index contributed by atoms with van der Waals surface area (Å²) in [5.74, 6) is 0. The molecule has 0 aliphatic rings. The maximum atomic E-state index is 12.9. The Morgan fingerprint density at radius 2 is 2.00 bits per heavy atom. The maximum absolute atomic E-state index is 12.9. The Balaban J connectivity index is 2.62. The highest BCUT2D eigenvalue weighted by atomic mass is 32.2. The fourth-order valence-corrected chi connectivity index (χ4v) is 1.74. The third kappa shape index (κ3) is 2.61. The summed E-state index contributed by atoms with van der Waals surface area (Å²) in [6.07, 6.45) is 0.869. The predicted molar refractivity (Wildman–Crippen MR) is 62.0 cm³/mol. The van der Waals surface area contributed by atoms with Gasteiger partial charge in [0, 0.05) is 24.2 Å². The molecule has 2 rings (SSSR count). The summed E-state index contributed by atoms with van der Waals surface area (Å²) in [6.45, 7) is 0. The molecule has 2 heterocycles. The van der Waals surface area contributed by atoms with Gasteiger partial charge in [0.1, 0.15) is 5.56 Å². The fraction of sp³-hybridized carbons (Fsp3) is 0.182. The van der Waals surface area contributed by atoms with Gasteiger partial charge in [-0.1, -0.05) is 11.8 Å². The van der Waals surface area contributed by atoms with Gasteiger partial charge < -0.3 is 0 Å². The Bertz CT molecular complexity index is 543. The number of nitrogens with zero attached hydrogens (tertiary/aromatic N) is 3. The average Bonchev–Trinajstić information content (AvgIpc) is 2.38. The summed E-state index contributed by atoms with van der Waals surface area (Å²) < 4.78 is 38.6. The highest BCUT2D eigenvalue weighted by Crippen LogP contribution is 2.35. The first-order chi connectivity index (χ1) is 8.52. The Hall–Kier alpha value is -1.63. The van der Waals surface area contributed by atoms with Crippen LogP contribution in [0.3, 0.4) is 0 Å². The van der Waals surface area contributed by atoms with Crippen LogP contribution in [0.1, 0.15) is 5.56 Å². The molecule has 0 saturated carbocycles. The monoisotopic (exact) mass is 271 g/mol. The van der Waals surface area contributed by atoms with Gasteiger partial charge in [-0.05, 0) is 18.4 Å². The van der Waals surface area contributed by atoms with Crippen molar-refractivity contribution in [1.29, 1.82) is 0 Å². The van der Waals surface area contributed by atoms with Crippen LogP contribution in [-0.2, 0) is 6.18 Å². The van der Waals surface area contributed by atoms with E-state index in [4.69, 9.17) is 0 Å². The predicted octanol–water partition coefficient (Wildman–Crippen LogP) is 3.28. The zero-order valence-corrected chi connectivity index (χ0v) is 10.1. The second-order valence-corrected chi connectivity index (χ2v) is 4.13. The van der Waals surface area contributed by atoms with Gasteiger partial charge in [-0.2, -0.15) is 13.2 Å². The molecular weight excluding hydrogens is 263 g/mol. The first kappa shape index (κ1) is 12.8. The minimum atomic E-state index is -4.48. The summed E-state index contributed by atoms with van der Waals surface area (Å²) in [6, 6.07) is 3.10. The molecule has 18 heavy (non-hydrogen) atoms. The molecular formula is C11H8F3N3S. The van der Waals surface area contributed by atoms with E-state index < -0.39 is 11.7 Å². The minimum Gasteiger partial charge on any atom is -0.264 e. The molecule has 7 heteroatoms. The first-order valence-corrected chi connectivity index (χ1v) is 6.13. The molecule has 94 valence electrons. The minimum absolute atomic E-state index is 0.144. The van der Waals surface area contributed by atoms with E-state index in [2.05, 4.69) is 15.0 Å². The van der Waals surface area contributed by atoms with Crippen molar-refractivity contribution in [3.63, 3.8) is 0 Å². The van der Waals surface area contributed by atoms with Crippen LogP contribution in [0.15, 0.2) is 35.9 Å². The van der Waals surface area contributed by atoms with Crippen molar-refractivity contribution in [2.24, 2.45) is 0 Å². The molecule has 0 radical (unpaired) electrons. The van der Waals surface area contributed by atoms with Crippen LogP contribution in [0.25, 0.3) is 11.3 Å². The van der Waals surface area contributed by atoms with Gasteiger partial charge in [0.2, 0.25) is 0 Å². The van der Waals surface area contributed by atoms with Crippen LogP contribution in [0.5, 0.6) is 0 Å². The van der Waals surface area contributed by atoms with Gasteiger partial charge in [0.15, 0.2) is 5.16 Å². The molecule has 2 aromatic rings. The molecule has 0 spiro atoms. The molecule has 0 N–H and O–H groups in total. The van der Waals surface area contributed by atoms with Gasteiger partial charge in [-0.15, -0.1) is 0 Å². The summed E-state index contributed by atoms with van der Waals surface area (Å²) in [4.78, 5) is 11.4. The van der Waals surface area contributed by atoms with Crippen LogP contribution < -0.4 is 0 Å². The lowest BCUT2D eigenvalue weighted by atomic mass is 10.1. The average molecular weight is 271 g/mol. The zero-order chi connectivity index (χ0) is 13.2. The zero-order valence-electron chi connectivity index (χ0n) is 9.27. The second-order valence-electron chi connectivity index (χ2n) is 3.36. The van der Waals surface area contributed by atoms with Crippen LogP contribution in [0, 0.1) is 0 Å². The topological polar surface area (TPSA) is 38.7 Å². The standard InChI is InChI=1S/C11H8F3N3S/c1-18-10-16-6-8(11(12,13)14)9(17-10)7-3-2-4-15-5-7/h2-6H,1H3. The van der Waals surface area contributed by atoms with Crippen molar-refractivity contribution in [1.82, 2.24) is 15.0 Å². The molecule has 0 aliphatic heterocycles. The molecule has 3 nitrogen and oxygen atoms in total. The maximum Gasteiger partial charge on any atom is 0.419 e. The van der Waals surface area contributed by atoms with Crippen LogP contribution in [0.4, 0.5) is 13.2 Å². The Labute approximate surface area is 105 Å². The van der Waals surface area contributed by atoms with Gasteiger partial charge in [-0.25, -0.2) is 9.97 Å². The van der Waals surface area contributed by atoms with Gasteiger partial charge in [-0.3, -0.25) is 4.98 Å². The summed E-state index contributed by atoms with van der Waals surface area (Å²) in [5.41, 5.74) is -0.675. The smallest absolute Gasteiger partial charge is 0.264 e. The third-order valence-electron chi connectivity index (χ3n) is 2.19. The number of thioether (sulfide) groups is 1. The lowest BCUT2D eigenvalue weighted by Gasteiger charge is -2.11. The van der Waals surface area contributed by atoms with Crippen molar-refractivity contribution >= 4 is 11.8 Å². The number of rotatable bonds is 2. The largest absolute Gasteiger partial charge is 0.419 e. The number of alkyl halides is 3. The number of halogens is 3. The summed E-state index contributed by atoms with van der Waals surface area (Å²) in [7, 11) is 0. The van der Waals surface area contributed by atoms with E-state index in [1.54, 1.807) is 12.3 Å². The van der Waals surface area contributed by atoms with Crippen molar-refractivity contribution < 1.29 is 13.2 Å². The SMILES string of the molecule is CSc1ncc(C(F)(F)F)c(-c2cccnc2)n1. The number of pyridine rings is 1. The number of hydrogen-bond donors (Lipinski definition) is 0. The van der Waals surface area contributed by atoms with Crippen molar-refractivity contribution in [2.45, 2.75) is 11.3 Å². The first-order valence-electron chi connectivity index (χ1n) is 4.91. The molecule has 0 fully saturated rings. The van der Waals surface area contributed by atoms with Crippen LogP contribution in [-0.4, -0.2) is 21.2 Å². The van der Waals surface area contributed by atoms with E-state index >= 15 is 0 Å². The Morgan fingerprint density at radius 1 is 1.22 bits per heavy atom. The molecule has 0 bridgehead atoms. The van der Waals surface area contributed by atoms with Crippen LogP contribution in [0.2, 0.25) is 0 Å². The quantitative estimate of drug-likeness (QED) is 0.620. The summed E-state index contributed by atoms with van der Waals surface area (Å²) in [5, 5.41) is 0.293. The van der Waals surface area contributed by atoms with E-state index in [1.807, 2.05) is 0 Å². The number of aromatic nitrogens is 3. The lowest BCUT2D eigenvalue weighted by molar-refractivity contribution is -0.137. The van der Waals surface area contributed by atoms with Crippen molar-refractivity contribution in [3.05, 3.63) is 36.3 Å². The molecule has 2 aromatic heterocycles. The van der Waals surface area contributed by atoms with Gasteiger partial charge in [0.25, 0.3) is 0 Å². The normalized spacial score (nSPS) is 11.6. The van der Waals surface area contributed by atoms with Gasteiger partial charge >= 0.3 is 6.18 Å². The van der Waals surface area contributed by atoms with E-state index in [0.717, 1.165) is 6.20 Å². The molecule has 0 unspecified atom stereocenters. The fourth-order valence-electron chi connectivity index (χ4n) is 1.39. The van der Waals surface area contributed by atoms with E-state index in [1.165, 1.54) is 30.2 Å². The third-order valence-corrected chi connectivity index (χ3v) is 2.75. The molecule has 0 aromatic carbocycles. The summed E-state index contributed by atoms with van der Waals surface area (Å²) >= 11 is 1.19. The van der Waals surface area contributed by atoms with E-state index in [9.17, 15) is 13.2 Å². The van der Waals surface area contributed by atoms with E-state index in [0.29, 0.717) is 10.7 Å². The second kappa shape index (κ2) is 4.93. The molecule has 0 saturated heterocycles. The Kier molecular flexibility index (Phi) is 3.51. The molecule has 0 aliphatic carbocycles. The molecule has 0 atom stereocenters. The molecule has 0 amide bonds. The highest BCUT2D eigenvalue weighted by Gasteiger charge is 2.35. The van der Waals surface area contributed by atoms with Crippen LogP contribution >= 0.6 is 11.8 Å². The van der Waals surface area contributed by atoms with E-state index in [-0.39, 0.29) is 5.69 Å². The van der Waals surface area contributed by atoms with Crippen molar-refractivity contribution in [3.8, 4) is 11.3 Å². The Morgan fingerprint density at radius 3 is 2.56 bits per heavy atom. The number of hydrogen-bond acceptors (Lipinski definition) is 4.